The lowest BCUT2D eigenvalue weighted by molar-refractivity contribution is 0.134. The zero-order chi connectivity index (χ0) is 15.3. The largest absolute Gasteiger partial charge is 0.494 e. The number of hydrogen-bond acceptors (Lipinski definition) is 3. The lowest BCUT2D eigenvalue weighted by Crippen LogP contribution is -2.42. The topological polar surface area (TPSA) is 24.5 Å². The van der Waals surface area contributed by atoms with Crippen LogP contribution in [-0.2, 0) is 0 Å². The third-order valence-corrected chi connectivity index (χ3v) is 4.71. The van der Waals surface area contributed by atoms with Crippen LogP contribution in [0.5, 0.6) is 5.75 Å². The van der Waals surface area contributed by atoms with Crippen molar-refractivity contribution in [3.63, 3.8) is 0 Å². The summed E-state index contributed by atoms with van der Waals surface area (Å²) in [6, 6.07) is 8.69. The quantitative estimate of drug-likeness (QED) is 0.868. The molecule has 1 heterocycles. The molecule has 21 heavy (non-hydrogen) atoms. The molecule has 1 fully saturated rings. The van der Waals surface area contributed by atoms with Crippen LogP contribution in [0.15, 0.2) is 24.3 Å². The van der Waals surface area contributed by atoms with E-state index in [1.165, 1.54) is 31.5 Å². The summed E-state index contributed by atoms with van der Waals surface area (Å²) in [7, 11) is 2.22. The van der Waals surface area contributed by atoms with Crippen LogP contribution < -0.4 is 10.1 Å². The Morgan fingerprint density at radius 1 is 1.29 bits per heavy atom. The van der Waals surface area contributed by atoms with Crippen LogP contribution in [0.3, 0.4) is 0 Å². The number of piperidine rings is 1. The molecular weight excluding hydrogens is 260 g/mol. The zero-order valence-corrected chi connectivity index (χ0v) is 14.0. The second-order valence-electron chi connectivity index (χ2n) is 6.69. The maximum atomic E-state index is 5.74. The van der Waals surface area contributed by atoms with Gasteiger partial charge in [0.2, 0.25) is 0 Å². The lowest BCUT2D eigenvalue weighted by Gasteiger charge is -2.38. The minimum Gasteiger partial charge on any atom is -0.494 e. The predicted octanol–water partition coefficient (Wildman–Crippen LogP) is 3.47. The van der Waals surface area contributed by atoms with E-state index in [1.54, 1.807) is 0 Å². The van der Waals surface area contributed by atoms with Gasteiger partial charge in [0.15, 0.2) is 0 Å². The molecule has 118 valence electrons. The van der Waals surface area contributed by atoms with Crippen molar-refractivity contribution in [1.29, 1.82) is 0 Å². The molecule has 1 N–H and O–H groups in total. The SMILES string of the molecule is CCOc1ccccc1C(C)NCC1(C)CCN(C)CC1. The van der Waals surface area contributed by atoms with E-state index in [2.05, 4.69) is 49.3 Å². The van der Waals surface area contributed by atoms with Gasteiger partial charge in [-0.15, -0.1) is 0 Å². The first-order valence-electron chi connectivity index (χ1n) is 8.18. The monoisotopic (exact) mass is 290 g/mol. The molecule has 0 saturated carbocycles. The molecule has 1 aromatic rings. The second kappa shape index (κ2) is 7.28. The maximum Gasteiger partial charge on any atom is 0.124 e. The number of nitrogens with one attached hydrogen (secondary N) is 1. The van der Waals surface area contributed by atoms with Crippen molar-refractivity contribution in [2.45, 2.75) is 39.7 Å². The number of benzene rings is 1. The smallest absolute Gasteiger partial charge is 0.124 e. The van der Waals surface area contributed by atoms with Gasteiger partial charge in [-0.2, -0.15) is 0 Å². The van der Waals surface area contributed by atoms with Crippen LogP contribution in [0, 0.1) is 5.41 Å². The number of nitrogens with zero attached hydrogens (tertiary/aromatic N) is 1. The van der Waals surface area contributed by atoms with E-state index in [-0.39, 0.29) is 0 Å². The van der Waals surface area contributed by atoms with Crippen molar-refractivity contribution in [2.75, 3.05) is 33.3 Å². The van der Waals surface area contributed by atoms with Crippen LogP contribution >= 0.6 is 0 Å². The fraction of sp³-hybridized carbons (Fsp3) is 0.667. The van der Waals surface area contributed by atoms with Gasteiger partial charge in [-0.1, -0.05) is 25.1 Å². The van der Waals surface area contributed by atoms with Crippen LogP contribution in [0.4, 0.5) is 0 Å². The molecule has 1 saturated heterocycles. The van der Waals surface area contributed by atoms with Gasteiger partial charge in [-0.25, -0.2) is 0 Å². The first kappa shape index (κ1) is 16.3. The Kier molecular flexibility index (Phi) is 5.65. The molecule has 3 heteroatoms. The molecule has 0 spiro atoms. The Hall–Kier alpha value is -1.06. The third-order valence-electron chi connectivity index (χ3n) is 4.71. The molecule has 1 unspecified atom stereocenters. The van der Waals surface area contributed by atoms with E-state index in [4.69, 9.17) is 4.74 Å². The summed E-state index contributed by atoms with van der Waals surface area (Å²) in [5.41, 5.74) is 1.68. The van der Waals surface area contributed by atoms with Gasteiger partial charge in [0.1, 0.15) is 5.75 Å². The summed E-state index contributed by atoms with van der Waals surface area (Å²) in [5.74, 6) is 1.01. The van der Waals surface area contributed by atoms with Crippen LogP contribution in [0.2, 0.25) is 0 Å². The van der Waals surface area contributed by atoms with Crippen molar-refractivity contribution >= 4 is 0 Å². The van der Waals surface area contributed by atoms with Crippen molar-refractivity contribution in [1.82, 2.24) is 10.2 Å². The second-order valence-corrected chi connectivity index (χ2v) is 6.69. The van der Waals surface area contributed by atoms with Gasteiger partial charge in [0.25, 0.3) is 0 Å². The first-order chi connectivity index (χ1) is 10.0. The zero-order valence-electron chi connectivity index (χ0n) is 14.0. The summed E-state index contributed by atoms with van der Waals surface area (Å²) in [4.78, 5) is 2.43. The lowest BCUT2D eigenvalue weighted by atomic mass is 9.80. The van der Waals surface area contributed by atoms with E-state index < -0.39 is 0 Å². The van der Waals surface area contributed by atoms with Gasteiger partial charge in [-0.3, -0.25) is 0 Å². The summed E-state index contributed by atoms with van der Waals surface area (Å²) in [6.45, 7) is 10.9. The molecule has 0 amide bonds. The van der Waals surface area contributed by atoms with Gasteiger partial charge in [0, 0.05) is 18.2 Å². The predicted molar refractivity (Wildman–Crippen MR) is 88.9 cm³/mol. The van der Waals surface area contributed by atoms with Gasteiger partial charge in [-0.05, 0) is 58.3 Å². The number of hydrogen-bond donors (Lipinski definition) is 1. The maximum absolute atomic E-state index is 5.74. The molecule has 1 aromatic carbocycles. The standard InChI is InChI=1S/C18H30N2O/c1-5-21-17-9-7-6-8-16(17)15(2)19-14-18(3)10-12-20(4)13-11-18/h6-9,15,19H,5,10-14H2,1-4H3. The summed E-state index contributed by atoms with van der Waals surface area (Å²) in [5, 5.41) is 3.72. The molecule has 0 bridgehead atoms. The van der Waals surface area contributed by atoms with E-state index in [1.807, 2.05) is 13.0 Å². The summed E-state index contributed by atoms with van der Waals surface area (Å²) >= 11 is 0. The van der Waals surface area contributed by atoms with E-state index >= 15 is 0 Å². The average Bonchev–Trinajstić information content (AvgIpc) is 2.49. The summed E-state index contributed by atoms with van der Waals surface area (Å²) in [6.07, 6.45) is 2.55. The van der Waals surface area contributed by atoms with Gasteiger partial charge >= 0.3 is 0 Å². The number of para-hydroxylation sites is 1. The fourth-order valence-corrected chi connectivity index (χ4v) is 2.97. The fourth-order valence-electron chi connectivity index (χ4n) is 2.97. The highest BCUT2D eigenvalue weighted by Crippen LogP contribution is 2.31. The van der Waals surface area contributed by atoms with Crippen molar-refractivity contribution in [3.8, 4) is 5.75 Å². The molecule has 2 rings (SSSR count). The van der Waals surface area contributed by atoms with Crippen molar-refractivity contribution in [3.05, 3.63) is 29.8 Å². The molecule has 1 aliphatic heterocycles. The molecule has 1 atom stereocenters. The Morgan fingerprint density at radius 3 is 2.62 bits per heavy atom. The Labute approximate surface area is 129 Å². The van der Waals surface area contributed by atoms with Crippen LogP contribution in [0.25, 0.3) is 0 Å². The van der Waals surface area contributed by atoms with E-state index in [9.17, 15) is 0 Å². The van der Waals surface area contributed by atoms with Crippen molar-refractivity contribution < 1.29 is 4.74 Å². The molecule has 1 aliphatic rings. The van der Waals surface area contributed by atoms with Crippen molar-refractivity contribution in [2.24, 2.45) is 5.41 Å². The number of ether oxygens (including phenoxy) is 1. The van der Waals surface area contributed by atoms with Gasteiger partial charge < -0.3 is 15.0 Å². The molecular formula is C18H30N2O. The van der Waals surface area contributed by atoms with E-state index in [0.717, 1.165) is 12.3 Å². The Morgan fingerprint density at radius 2 is 1.95 bits per heavy atom. The highest BCUT2D eigenvalue weighted by molar-refractivity contribution is 5.35. The number of rotatable bonds is 6. The molecule has 0 aliphatic carbocycles. The average molecular weight is 290 g/mol. The molecule has 0 aromatic heterocycles. The highest BCUT2D eigenvalue weighted by Gasteiger charge is 2.29. The Balaban J connectivity index is 1.94. The molecule has 3 nitrogen and oxygen atoms in total. The first-order valence-corrected chi connectivity index (χ1v) is 8.18. The van der Waals surface area contributed by atoms with Crippen LogP contribution in [-0.4, -0.2) is 38.2 Å². The van der Waals surface area contributed by atoms with Gasteiger partial charge in [0.05, 0.1) is 6.61 Å². The minimum absolute atomic E-state index is 0.323. The summed E-state index contributed by atoms with van der Waals surface area (Å²) < 4.78 is 5.74. The highest BCUT2D eigenvalue weighted by atomic mass is 16.5. The van der Waals surface area contributed by atoms with E-state index in [0.29, 0.717) is 18.1 Å². The Bertz CT molecular complexity index is 439. The normalized spacial score (nSPS) is 20.2. The number of likely N-dealkylation sites (tertiary alicyclic amines) is 1. The minimum atomic E-state index is 0.323. The third kappa shape index (κ3) is 4.45. The van der Waals surface area contributed by atoms with Crippen LogP contribution in [0.1, 0.15) is 45.2 Å². The molecule has 0 radical (unpaired) electrons.